The van der Waals surface area contributed by atoms with Crippen molar-refractivity contribution < 1.29 is 94.6 Å². The van der Waals surface area contributed by atoms with Gasteiger partial charge in [0, 0.05) is 0 Å². The fourth-order valence-electron chi connectivity index (χ4n) is 0.854. The first-order chi connectivity index (χ1) is 7.69. The summed E-state index contributed by atoms with van der Waals surface area (Å²) >= 11 is 0. The maximum Gasteiger partial charge on any atom is 1.00 e. The predicted octanol–water partition coefficient (Wildman–Crippen LogP) is -1.24. The van der Waals surface area contributed by atoms with Crippen molar-refractivity contribution in [2.75, 3.05) is 0 Å². The molecule has 0 amide bonds. The largest absolute Gasteiger partial charge is 1.00 e. The smallest absolute Gasteiger partial charge is 0.218 e. The predicted molar refractivity (Wildman–Crippen MR) is 48.6 cm³/mol. The minimum absolute atomic E-state index is 0. The van der Waals surface area contributed by atoms with E-state index in [1.165, 1.54) is 0 Å². The average molecular weight is 359 g/mol. The first-order valence-corrected chi connectivity index (χ1v) is 7.00. The number of halogens is 6. The minimum Gasteiger partial charge on any atom is -0.218 e. The molecule has 0 aromatic heterocycles. The van der Waals surface area contributed by atoms with Crippen LogP contribution in [0.15, 0.2) is 12.7 Å². The van der Waals surface area contributed by atoms with Crippen molar-refractivity contribution >= 4 is 19.7 Å². The van der Waals surface area contributed by atoms with Gasteiger partial charge in [0.2, 0.25) is 0 Å². The Bertz CT molecular complexity index is 473. The van der Waals surface area contributed by atoms with Crippen molar-refractivity contribution in [1.29, 1.82) is 0 Å². The van der Waals surface area contributed by atoms with E-state index in [0.717, 1.165) is 0 Å². The van der Waals surface area contributed by atoms with Crippen molar-refractivity contribution in [3.05, 3.63) is 12.7 Å². The Labute approximate surface area is 147 Å². The molecule has 19 heavy (non-hydrogen) atoms. The standard InChI is InChI=1S/C6H6F6O4S2.K/c1-2-3-4(17(13,14)5(7,8)9)18(15,16)6(10,11)12;/h2,4H,1,3H2;/q;+1. The molecule has 0 atom stereocenters. The molecule has 13 heteroatoms. The molecule has 0 aliphatic carbocycles. The molecule has 0 rings (SSSR count). The fourth-order valence-corrected chi connectivity index (χ4v) is 4.22. The van der Waals surface area contributed by atoms with Crippen LogP contribution in [-0.4, -0.2) is 32.4 Å². The number of hydrogen-bond acceptors (Lipinski definition) is 4. The summed E-state index contributed by atoms with van der Waals surface area (Å²) in [6.07, 6.45) is -1.18. The minimum atomic E-state index is -6.52. The van der Waals surface area contributed by atoms with Gasteiger partial charge in [-0.25, -0.2) is 16.8 Å². The number of rotatable bonds is 4. The number of sulfone groups is 2. The molecule has 0 heterocycles. The second-order valence-corrected chi connectivity index (χ2v) is 7.48. The molecule has 0 aromatic carbocycles. The van der Waals surface area contributed by atoms with Crippen LogP contribution in [0.3, 0.4) is 0 Å². The van der Waals surface area contributed by atoms with Gasteiger partial charge in [0.05, 0.1) is 0 Å². The van der Waals surface area contributed by atoms with Crippen molar-refractivity contribution in [3.63, 3.8) is 0 Å². The van der Waals surface area contributed by atoms with Gasteiger partial charge in [-0.15, -0.1) is 6.58 Å². The zero-order valence-electron chi connectivity index (χ0n) is 9.29. The third kappa shape index (κ3) is 4.67. The molecule has 0 saturated carbocycles. The normalized spacial score (nSPS) is 14.1. The molecule has 0 aromatic rings. The van der Waals surface area contributed by atoms with Crippen LogP contribution in [0.4, 0.5) is 26.3 Å². The second-order valence-electron chi connectivity index (χ2n) is 2.94. The van der Waals surface area contributed by atoms with Gasteiger partial charge in [-0.1, -0.05) is 6.08 Å². The monoisotopic (exact) mass is 359 g/mol. The van der Waals surface area contributed by atoms with Crippen molar-refractivity contribution in [2.45, 2.75) is 22.0 Å². The van der Waals surface area contributed by atoms with Crippen LogP contribution >= 0.6 is 0 Å². The first kappa shape index (κ1) is 22.1. The fraction of sp³-hybridized carbons (Fsp3) is 0.667. The van der Waals surface area contributed by atoms with Crippen molar-refractivity contribution in [3.8, 4) is 0 Å². The Morgan fingerprint density at radius 3 is 1.32 bits per heavy atom. The molecule has 4 nitrogen and oxygen atoms in total. The summed E-state index contributed by atoms with van der Waals surface area (Å²) in [6, 6.07) is 0. The summed E-state index contributed by atoms with van der Waals surface area (Å²) in [7, 11) is -13.0. The third-order valence-corrected chi connectivity index (χ3v) is 6.28. The van der Waals surface area contributed by atoms with Gasteiger partial charge in [-0.3, -0.25) is 0 Å². The molecule has 0 bridgehead atoms. The Morgan fingerprint density at radius 1 is 0.895 bits per heavy atom. The van der Waals surface area contributed by atoms with Gasteiger partial charge in [0.15, 0.2) is 4.58 Å². The zero-order chi connectivity index (χ0) is 15.0. The molecule has 0 fully saturated rings. The van der Waals surface area contributed by atoms with E-state index in [2.05, 4.69) is 6.58 Å². The number of allylic oxidation sites excluding steroid dienone is 1. The Morgan fingerprint density at radius 2 is 1.16 bits per heavy atom. The maximum atomic E-state index is 12.1. The molecule has 0 spiro atoms. The van der Waals surface area contributed by atoms with E-state index < -0.39 is 41.7 Å². The van der Waals surface area contributed by atoms with Crippen LogP contribution in [0.1, 0.15) is 6.42 Å². The molecule has 0 aliphatic rings. The summed E-state index contributed by atoms with van der Waals surface area (Å²) in [5.41, 5.74) is -12.2. The summed E-state index contributed by atoms with van der Waals surface area (Å²) in [5, 5.41) is 0. The van der Waals surface area contributed by atoms with Gasteiger partial charge >= 0.3 is 62.4 Å². The van der Waals surface area contributed by atoms with Gasteiger partial charge in [0.25, 0.3) is 19.7 Å². The second kappa shape index (κ2) is 6.74. The third-order valence-electron chi connectivity index (χ3n) is 1.70. The maximum absolute atomic E-state index is 12.1. The van der Waals surface area contributed by atoms with Crippen LogP contribution < -0.4 is 51.4 Å². The Kier molecular flexibility index (Phi) is 7.86. The van der Waals surface area contributed by atoms with Gasteiger partial charge in [-0.2, -0.15) is 26.3 Å². The average Bonchev–Trinajstić information content (AvgIpc) is 2.09. The van der Waals surface area contributed by atoms with E-state index in [-0.39, 0.29) is 51.4 Å². The summed E-state index contributed by atoms with van der Waals surface area (Å²) < 4.78 is 112. The quantitative estimate of drug-likeness (QED) is 0.358. The molecular weight excluding hydrogens is 353 g/mol. The molecule has 0 N–H and O–H groups in total. The molecule has 108 valence electrons. The molecular formula is C6H6F6KO4S2+. The Hall–Kier alpha value is 0.856. The zero-order valence-corrected chi connectivity index (χ0v) is 14.0. The van der Waals surface area contributed by atoms with Crippen molar-refractivity contribution in [2.24, 2.45) is 0 Å². The van der Waals surface area contributed by atoms with E-state index in [1.807, 2.05) is 0 Å². The van der Waals surface area contributed by atoms with Gasteiger partial charge in [0.1, 0.15) is 0 Å². The van der Waals surface area contributed by atoms with Crippen LogP contribution in [0.25, 0.3) is 0 Å². The van der Waals surface area contributed by atoms with Gasteiger partial charge < -0.3 is 0 Å². The molecule has 0 radical (unpaired) electrons. The summed E-state index contributed by atoms with van der Waals surface area (Å²) in [5.74, 6) is 0. The van der Waals surface area contributed by atoms with Crippen molar-refractivity contribution in [1.82, 2.24) is 0 Å². The first-order valence-electron chi connectivity index (χ1n) is 3.90. The number of hydrogen-bond donors (Lipinski definition) is 0. The van der Waals surface area contributed by atoms with Gasteiger partial charge in [-0.05, 0) is 6.42 Å². The molecule has 0 unspecified atom stereocenters. The van der Waals surface area contributed by atoms with Crippen LogP contribution in [0.2, 0.25) is 0 Å². The van der Waals surface area contributed by atoms with E-state index >= 15 is 0 Å². The summed E-state index contributed by atoms with van der Waals surface area (Å²) in [4.78, 5) is 0. The number of alkyl halides is 6. The van der Waals surface area contributed by atoms with E-state index in [4.69, 9.17) is 0 Å². The van der Waals surface area contributed by atoms with Crippen LogP contribution in [0, 0.1) is 0 Å². The Balaban J connectivity index is 0. The van der Waals surface area contributed by atoms with Crippen LogP contribution in [0.5, 0.6) is 0 Å². The van der Waals surface area contributed by atoms with E-state index in [1.54, 1.807) is 0 Å². The molecule has 0 aliphatic heterocycles. The summed E-state index contributed by atoms with van der Waals surface area (Å²) in [6.45, 7) is 2.73. The van der Waals surface area contributed by atoms with E-state index in [9.17, 15) is 43.2 Å². The molecule has 0 saturated heterocycles. The van der Waals surface area contributed by atoms with Crippen LogP contribution in [-0.2, 0) is 19.7 Å². The topological polar surface area (TPSA) is 68.3 Å². The van der Waals surface area contributed by atoms with E-state index in [0.29, 0.717) is 6.08 Å². The SMILES string of the molecule is C=CCC(S(=O)(=O)C(F)(F)F)S(=O)(=O)C(F)(F)F.[K+].